The fourth-order valence-electron chi connectivity index (χ4n) is 1.23. The van der Waals surface area contributed by atoms with Gasteiger partial charge in [-0.1, -0.05) is 20.8 Å². The van der Waals surface area contributed by atoms with E-state index in [1.165, 1.54) is 0 Å². The third-order valence-electron chi connectivity index (χ3n) is 1.71. The Morgan fingerprint density at radius 1 is 1.50 bits per heavy atom. The van der Waals surface area contributed by atoms with Crippen molar-refractivity contribution < 1.29 is 4.79 Å². The molecule has 72 valence electrons. The Kier molecular flexibility index (Phi) is 4.90. The average molecular weight is 172 g/mol. The van der Waals surface area contributed by atoms with Gasteiger partial charge < -0.3 is 10.2 Å². The van der Waals surface area contributed by atoms with E-state index in [1.54, 1.807) is 11.9 Å². The van der Waals surface area contributed by atoms with Crippen LogP contribution in [0.25, 0.3) is 0 Å². The highest BCUT2D eigenvalue weighted by atomic mass is 16.1. The molecule has 0 atom stereocenters. The van der Waals surface area contributed by atoms with Crippen LogP contribution in [-0.2, 0) is 4.79 Å². The van der Waals surface area contributed by atoms with Gasteiger partial charge in [-0.2, -0.15) is 0 Å². The molecule has 0 aliphatic carbocycles. The Morgan fingerprint density at radius 3 is 2.50 bits per heavy atom. The van der Waals surface area contributed by atoms with E-state index in [0.29, 0.717) is 0 Å². The molecule has 1 amide bonds. The number of nitrogens with zero attached hydrogens (tertiary/aromatic N) is 1. The molecule has 0 bridgehead atoms. The summed E-state index contributed by atoms with van der Waals surface area (Å²) < 4.78 is 0. The minimum Gasteiger partial charge on any atom is -0.348 e. The summed E-state index contributed by atoms with van der Waals surface area (Å²) in [6, 6.07) is 0. The molecule has 0 unspecified atom stereocenters. The van der Waals surface area contributed by atoms with Crippen LogP contribution in [0.4, 0.5) is 0 Å². The van der Waals surface area contributed by atoms with Crippen molar-refractivity contribution in [1.82, 2.24) is 10.2 Å². The van der Waals surface area contributed by atoms with Crippen LogP contribution in [0.2, 0.25) is 0 Å². The maximum absolute atomic E-state index is 10.4. The predicted molar refractivity (Wildman–Crippen MR) is 51.0 cm³/mol. The Bertz CT molecular complexity index is 134. The van der Waals surface area contributed by atoms with Gasteiger partial charge in [0.2, 0.25) is 6.41 Å². The number of hydrogen-bond donors (Lipinski definition) is 1. The molecule has 0 aliphatic rings. The monoisotopic (exact) mass is 172 g/mol. The van der Waals surface area contributed by atoms with Crippen molar-refractivity contribution in [3.63, 3.8) is 0 Å². The van der Waals surface area contributed by atoms with Crippen molar-refractivity contribution in [2.24, 2.45) is 5.41 Å². The van der Waals surface area contributed by atoms with Crippen LogP contribution in [0.3, 0.4) is 0 Å². The first-order valence-electron chi connectivity index (χ1n) is 4.38. The highest BCUT2D eigenvalue weighted by Crippen LogP contribution is 2.13. The lowest BCUT2D eigenvalue weighted by molar-refractivity contribution is -0.118. The highest BCUT2D eigenvalue weighted by molar-refractivity contribution is 5.46. The predicted octanol–water partition coefficient (Wildman–Crippen LogP) is 0.710. The Hall–Kier alpha value is -0.570. The minimum atomic E-state index is 0.158. The van der Waals surface area contributed by atoms with Crippen LogP contribution in [0, 0.1) is 5.41 Å². The van der Waals surface area contributed by atoms with Gasteiger partial charge in [0.25, 0.3) is 0 Å². The van der Waals surface area contributed by atoms with Gasteiger partial charge in [-0.25, -0.2) is 0 Å². The summed E-state index contributed by atoms with van der Waals surface area (Å²) in [5, 5.41) is 3.28. The first-order chi connectivity index (χ1) is 5.52. The van der Waals surface area contributed by atoms with E-state index in [1.807, 2.05) is 0 Å². The number of rotatable bonds is 6. The van der Waals surface area contributed by atoms with Crippen molar-refractivity contribution in [2.45, 2.75) is 20.8 Å². The fourth-order valence-corrected chi connectivity index (χ4v) is 1.23. The lowest BCUT2D eigenvalue weighted by Crippen LogP contribution is -2.38. The van der Waals surface area contributed by atoms with E-state index in [2.05, 4.69) is 26.1 Å². The van der Waals surface area contributed by atoms with Crippen LogP contribution in [0.5, 0.6) is 0 Å². The topological polar surface area (TPSA) is 32.3 Å². The number of hydrogen-bond acceptors (Lipinski definition) is 2. The van der Waals surface area contributed by atoms with E-state index in [0.717, 1.165) is 26.0 Å². The van der Waals surface area contributed by atoms with Crippen LogP contribution < -0.4 is 5.32 Å². The molecule has 0 saturated carbocycles. The molecule has 0 aromatic rings. The lowest BCUT2D eigenvalue weighted by atomic mass is 9.93. The van der Waals surface area contributed by atoms with Crippen molar-refractivity contribution in [2.75, 3.05) is 26.7 Å². The second kappa shape index (κ2) is 5.14. The molecular formula is C9H20N2O. The third-order valence-corrected chi connectivity index (χ3v) is 1.71. The zero-order valence-electron chi connectivity index (χ0n) is 8.55. The quantitative estimate of drug-likeness (QED) is 0.598. The average Bonchev–Trinajstić information content (AvgIpc) is 2.00. The number of carbonyl (C=O) groups is 1. The Labute approximate surface area is 75.1 Å². The molecule has 3 heteroatoms. The SMILES string of the molecule is CCNCC(C)(C)CN(C)C=O. The summed E-state index contributed by atoms with van der Waals surface area (Å²) in [6.07, 6.45) is 0.869. The molecule has 0 saturated heterocycles. The molecule has 0 fully saturated rings. The molecule has 0 heterocycles. The molecule has 12 heavy (non-hydrogen) atoms. The number of nitrogens with one attached hydrogen (secondary N) is 1. The molecule has 0 aliphatic heterocycles. The fraction of sp³-hybridized carbons (Fsp3) is 0.889. The van der Waals surface area contributed by atoms with Gasteiger partial charge in [-0.05, 0) is 12.0 Å². The van der Waals surface area contributed by atoms with E-state index < -0.39 is 0 Å². The van der Waals surface area contributed by atoms with E-state index >= 15 is 0 Å². The van der Waals surface area contributed by atoms with Crippen LogP contribution in [-0.4, -0.2) is 38.0 Å². The van der Waals surface area contributed by atoms with E-state index in [9.17, 15) is 4.79 Å². The van der Waals surface area contributed by atoms with Gasteiger partial charge in [0.05, 0.1) is 0 Å². The zero-order valence-corrected chi connectivity index (χ0v) is 8.55. The van der Waals surface area contributed by atoms with Gasteiger partial charge in [-0.15, -0.1) is 0 Å². The largest absolute Gasteiger partial charge is 0.348 e. The molecule has 3 nitrogen and oxygen atoms in total. The first kappa shape index (κ1) is 11.4. The molecule has 0 spiro atoms. The Morgan fingerprint density at radius 2 is 2.08 bits per heavy atom. The standard InChI is InChI=1S/C9H20N2O/c1-5-10-6-9(2,3)7-11(4)8-12/h8,10H,5-7H2,1-4H3. The van der Waals surface area contributed by atoms with Gasteiger partial charge in [0.1, 0.15) is 0 Å². The van der Waals surface area contributed by atoms with Crippen LogP contribution >= 0.6 is 0 Å². The third kappa shape index (κ3) is 5.13. The normalized spacial score (nSPS) is 11.3. The summed E-state index contributed by atoms with van der Waals surface area (Å²) in [7, 11) is 1.81. The second-order valence-electron chi connectivity index (χ2n) is 3.97. The van der Waals surface area contributed by atoms with E-state index in [-0.39, 0.29) is 5.41 Å². The summed E-state index contributed by atoms with van der Waals surface area (Å²) >= 11 is 0. The number of carbonyl (C=O) groups excluding carboxylic acids is 1. The van der Waals surface area contributed by atoms with Gasteiger partial charge in [-0.3, -0.25) is 4.79 Å². The lowest BCUT2D eigenvalue weighted by Gasteiger charge is -2.28. The summed E-state index contributed by atoms with van der Waals surface area (Å²) in [5.41, 5.74) is 0.158. The maximum atomic E-state index is 10.4. The summed E-state index contributed by atoms with van der Waals surface area (Å²) in [5.74, 6) is 0. The molecule has 0 rings (SSSR count). The van der Waals surface area contributed by atoms with Crippen LogP contribution in [0.15, 0.2) is 0 Å². The Balaban J connectivity index is 3.77. The summed E-state index contributed by atoms with van der Waals surface area (Å²) in [4.78, 5) is 12.0. The molecule has 0 radical (unpaired) electrons. The molecule has 1 N–H and O–H groups in total. The van der Waals surface area contributed by atoms with Crippen LogP contribution in [0.1, 0.15) is 20.8 Å². The smallest absolute Gasteiger partial charge is 0.209 e. The van der Waals surface area contributed by atoms with Gasteiger partial charge >= 0.3 is 0 Å². The van der Waals surface area contributed by atoms with Crippen molar-refractivity contribution in [3.05, 3.63) is 0 Å². The highest BCUT2D eigenvalue weighted by Gasteiger charge is 2.18. The molecular weight excluding hydrogens is 152 g/mol. The van der Waals surface area contributed by atoms with Crippen molar-refractivity contribution in [1.29, 1.82) is 0 Å². The molecule has 0 aromatic heterocycles. The van der Waals surface area contributed by atoms with Gasteiger partial charge in [0.15, 0.2) is 0 Å². The zero-order chi connectivity index (χ0) is 9.61. The maximum Gasteiger partial charge on any atom is 0.209 e. The molecule has 0 aromatic carbocycles. The summed E-state index contributed by atoms with van der Waals surface area (Å²) in [6.45, 7) is 9.10. The number of amides is 1. The van der Waals surface area contributed by atoms with Crippen molar-refractivity contribution >= 4 is 6.41 Å². The van der Waals surface area contributed by atoms with Crippen molar-refractivity contribution in [3.8, 4) is 0 Å². The minimum absolute atomic E-state index is 0.158. The second-order valence-corrected chi connectivity index (χ2v) is 3.97. The van der Waals surface area contributed by atoms with Gasteiger partial charge in [0, 0.05) is 20.1 Å². The first-order valence-corrected chi connectivity index (χ1v) is 4.38. The van der Waals surface area contributed by atoms with E-state index in [4.69, 9.17) is 0 Å².